The van der Waals surface area contributed by atoms with Gasteiger partial charge in [-0.25, -0.2) is 14.8 Å². The first-order valence-electron chi connectivity index (χ1n) is 11.8. The Balaban J connectivity index is 1.44. The number of nitrogens with one attached hydrogen (secondary N) is 3. The van der Waals surface area contributed by atoms with Crippen LogP contribution in [0.25, 0.3) is 21.6 Å². The molecular weight excluding hydrogens is 490 g/mol. The lowest BCUT2D eigenvalue weighted by atomic mass is 9.93. The summed E-state index contributed by atoms with van der Waals surface area (Å²) in [7, 11) is 4.00. The van der Waals surface area contributed by atoms with Gasteiger partial charge in [0.25, 0.3) is 0 Å². The average molecular weight is 522 g/mol. The molecule has 3 aromatic heterocycles. The lowest BCUT2D eigenvalue weighted by molar-refractivity contribution is 0.254. The van der Waals surface area contributed by atoms with Crippen LogP contribution in [0, 0.1) is 0 Å². The van der Waals surface area contributed by atoms with E-state index in [1.54, 1.807) is 12.4 Å². The standard InChI is InChI=1S/C26H31N7O3S/c1-26(2,3)21-14-22(32-36-21)30-25(34)29-18-8-6-17(7-9-18)20-15-37-24-19(27-16-28-20)10-11-23(31-24)35-13-12-33(4)5/h6-11,14-16H,12-13H2,1-5H3,(H,27,28)(H2,29,30,32,34). The Kier molecular flexibility index (Phi) is 8.04. The molecule has 0 spiro atoms. The SMILES string of the molecule is CN(C)CCOc1ccc2nc[nH]c(-c3ccc(NC(=O)Nc4cc(C(C)(C)C)on4)cc3)csc2n1. The number of carbonyl (C=O) groups is 1. The van der Waals surface area contributed by atoms with Gasteiger partial charge in [0.15, 0.2) is 5.82 Å². The third-order valence-electron chi connectivity index (χ3n) is 5.26. The van der Waals surface area contributed by atoms with Gasteiger partial charge in [-0.3, -0.25) is 5.32 Å². The molecule has 0 saturated carbocycles. The van der Waals surface area contributed by atoms with Crippen molar-refractivity contribution in [1.29, 1.82) is 0 Å². The van der Waals surface area contributed by atoms with Crippen LogP contribution in [-0.2, 0) is 5.41 Å². The van der Waals surface area contributed by atoms with Gasteiger partial charge >= 0.3 is 6.03 Å². The molecule has 37 heavy (non-hydrogen) atoms. The normalized spacial score (nSPS) is 11.4. The molecule has 3 heterocycles. The van der Waals surface area contributed by atoms with Crippen LogP contribution in [0.5, 0.6) is 5.88 Å². The number of H-pyrrole nitrogens is 1. The molecule has 194 valence electrons. The number of urea groups is 1. The van der Waals surface area contributed by atoms with Crippen LogP contribution < -0.4 is 15.4 Å². The number of aromatic amines is 1. The summed E-state index contributed by atoms with van der Waals surface area (Å²) in [4.78, 5) is 27.5. The van der Waals surface area contributed by atoms with Crippen LogP contribution >= 0.6 is 11.3 Å². The molecule has 0 saturated heterocycles. The second kappa shape index (κ2) is 11.4. The minimum Gasteiger partial charge on any atom is -0.476 e. The highest BCUT2D eigenvalue weighted by Crippen LogP contribution is 2.25. The number of benzene rings is 1. The molecule has 0 fully saturated rings. The zero-order chi connectivity index (χ0) is 26.4. The van der Waals surface area contributed by atoms with E-state index in [0.29, 0.717) is 29.8 Å². The number of likely N-dealkylation sites (N-methyl/N-ethyl adjacent to an activating group) is 1. The van der Waals surface area contributed by atoms with Crippen molar-refractivity contribution in [1.82, 2.24) is 25.0 Å². The number of carbonyl (C=O) groups excluding carboxylic acids is 1. The summed E-state index contributed by atoms with van der Waals surface area (Å²) >= 11 is 1.46. The number of amides is 2. The number of pyridine rings is 1. The van der Waals surface area contributed by atoms with Crippen molar-refractivity contribution < 1.29 is 14.1 Å². The van der Waals surface area contributed by atoms with Crippen LogP contribution in [0.1, 0.15) is 26.5 Å². The van der Waals surface area contributed by atoms with Crippen LogP contribution in [0.2, 0.25) is 0 Å². The van der Waals surface area contributed by atoms with Gasteiger partial charge in [0.05, 0.1) is 12.0 Å². The smallest absolute Gasteiger partial charge is 0.324 e. The summed E-state index contributed by atoms with van der Waals surface area (Å²) in [6, 6.07) is 12.5. The second-order valence-electron chi connectivity index (χ2n) is 9.66. The van der Waals surface area contributed by atoms with E-state index in [2.05, 4.69) is 35.6 Å². The van der Waals surface area contributed by atoms with Gasteiger partial charge in [-0.15, -0.1) is 11.3 Å². The van der Waals surface area contributed by atoms with E-state index in [-0.39, 0.29) is 5.41 Å². The Morgan fingerprint density at radius 3 is 2.62 bits per heavy atom. The van der Waals surface area contributed by atoms with Crippen molar-refractivity contribution in [3.8, 4) is 17.1 Å². The number of aromatic nitrogens is 4. The van der Waals surface area contributed by atoms with E-state index in [4.69, 9.17) is 9.26 Å². The maximum Gasteiger partial charge on any atom is 0.324 e. The van der Waals surface area contributed by atoms with Gasteiger partial charge in [-0.1, -0.05) is 38.1 Å². The van der Waals surface area contributed by atoms with Crippen LogP contribution in [0.15, 0.2) is 58.7 Å². The van der Waals surface area contributed by atoms with Crippen LogP contribution in [0.3, 0.4) is 0 Å². The minimum atomic E-state index is -0.404. The summed E-state index contributed by atoms with van der Waals surface area (Å²) < 4.78 is 11.1. The van der Waals surface area contributed by atoms with Crippen LogP contribution in [0.4, 0.5) is 16.3 Å². The highest BCUT2D eigenvalue weighted by Gasteiger charge is 2.20. The van der Waals surface area contributed by atoms with E-state index in [1.807, 2.05) is 76.6 Å². The Bertz CT molecular complexity index is 1400. The number of nitrogens with zero attached hydrogens (tertiary/aromatic N) is 4. The average Bonchev–Trinajstić information content (AvgIpc) is 3.29. The molecule has 10 nitrogen and oxygen atoms in total. The number of anilines is 2. The Morgan fingerprint density at radius 1 is 1.14 bits per heavy atom. The van der Waals surface area contributed by atoms with Gasteiger partial charge in [0, 0.05) is 35.2 Å². The molecule has 0 aliphatic carbocycles. The predicted octanol–water partition coefficient (Wildman–Crippen LogP) is 5.68. The quantitative estimate of drug-likeness (QED) is 0.286. The monoisotopic (exact) mass is 521 g/mol. The highest BCUT2D eigenvalue weighted by molar-refractivity contribution is 7.16. The molecule has 0 aliphatic heterocycles. The van der Waals surface area contributed by atoms with E-state index < -0.39 is 6.03 Å². The van der Waals surface area contributed by atoms with Crippen molar-refractivity contribution in [3.05, 3.63) is 59.9 Å². The second-order valence-corrected chi connectivity index (χ2v) is 10.5. The maximum atomic E-state index is 12.4. The van der Waals surface area contributed by atoms with Crippen molar-refractivity contribution in [2.75, 3.05) is 37.9 Å². The number of ether oxygens (including phenoxy) is 1. The van der Waals surface area contributed by atoms with E-state index in [1.165, 1.54) is 11.3 Å². The van der Waals surface area contributed by atoms with Crippen molar-refractivity contribution in [2.24, 2.45) is 0 Å². The molecule has 0 bridgehead atoms. The molecule has 1 aromatic carbocycles. The zero-order valence-electron chi connectivity index (χ0n) is 21.5. The Morgan fingerprint density at radius 2 is 1.92 bits per heavy atom. The third-order valence-corrected chi connectivity index (χ3v) is 6.14. The molecule has 0 atom stereocenters. The van der Waals surface area contributed by atoms with Crippen molar-refractivity contribution in [2.45, 2.75) is 26.2 Å². The summed E-state index contributed by atoms with van der Waals surface area (Å²) in [6.45, 7) is 7.40. The van der Waals surface area contributed by atoms with Gasteiger partial charge in [0.2, 0.25) is 5.88 Å². The van der Waals surface area contributed by atoms with Gasteiger partial charge in [-0.05, 0) is 37.9 Å². The topological polar surface area (TPSA) is 121 Å². The van der Waals surface area contributed by atoms with Gasteiger partial charge < -0.3 is 24.5 Å². The molecule has 0 aliphatic rings. The third kappa shape index (κ3) is 7.28. The predicted molar refractivity (Wildman–Crippen MR) is 147 cm³/mol. The first-order chi connectivity index (χ1) is 17.7. The van der Waals surface area contributed by atoms with E-state index in [9.17, 15) is 4.79 Å². The van der Waals surface area contributed by atoms with Gasteiger partial charge in [-0.2, -0.15) is 0 Å². The Hall–Kier alpha value is -3.96. The number of hydrogen-bond acceptors (Lipinski definition) is 8. The van der Waals surface area contributed by atoms with E-state index in [0.717, 1.165) is 28.1 Å². The zero-order valence-corrected chi connectivity index (χ0v) is 22.3. The first-order valence-corrected chi connectivity index (χ1v) is 12.7. The fraction of sp³-hybridized carbons (Fsp3) is 0.308. The lowest BCUT2D eigenvalue weighted by Gasteiger charge is -2.12. The molecule has 4 rings (SSSR count). The maximum absolute atomic E-state index is 12.4. The number of rotatable bonds is 7. The summed E-state index contributed by atoms with van der Waals surface area (Å²) in [5.41, 5.74) is 2.99. The lowest BCUT2D eigenvalue weighted by Crippen LogP contribution is -2.19. The first kappa shape index (κ1) is 26.1. The summed E-state index contributed by atoms with van der Waals surface area (Å²) in [5.74, 6) is 1.62. The van der Waals surface area contributed by atoms with Crippen LogP contribution in [-0.4, -0.2) is 58.3 Å². The summed E-state index contributed by atoms with van der Waals surface area (Å²) in [5, 5.41) is 11.4. The highest BCUT2D eigenvalue weighted by atomic mass is 32.1. The Labute approximate surface area is 219 Å². The molecule has 4 aromatic rings. The molecule has 3 N–H and O–H groups in total. The summed E-state index contributed by atoms with van der Waals surface area (Å²) in [6.07, 6.45) is 1.64. The minimum absolute atomic E-state index is 0.192. The fourth-order valence-corrected chi connectivity index (χ4v) is 4.00. The number of hydrogen-bond donors (Lipinski definition) is 3. The van der Waals surface area contributed by atoms with Gasteiger partial charge in [0.1, 0.15) is 22.7 Å². The van der Waals surface area contributed by atoms with Crippen molar-refractivity contribution >= 4 is 39.2 Å². The molecule has 11 heteroatoms. The molecule has 0 radical (unpaired) electrons. The van der Waals surface area contributed by atoms with Crippen molar-refractivity contribution in [3.63, 3.8) is 0 Å². The largest absolute Gasteiger partial charge is 0.476 e. The molecular formula is C26H31N7O3S. The fourth-order valence-electron chi connectivity index (χ4n) is 3.19. The molecule has 0 unspecified atom stereocenters. The molecule has 2 amide bonds. The number of fused-ring (bicyclic) bond motifs is 1. The van der Waals surface area contributed by atoms with E-state index >= 15 is 0 Å².